The van der Waals surface area contributed by atoms with Crippen LogP contribution in [0.2, 0.25) is 0 Å². The number of allylic oxidation sites excluding steroid dienone is 1. The minimum Gasteiger partial charge on any atom is -0.398 e. The molecule has 0 aromatic carbocycles. The minimum absolute atomic E-state index is 0.986. The predicted molar refractivity (Wildman–Crippen MR) is 108 cm³/mol. The van der Waals surface area contributed by atoms with Crippen LogP contribution in [0.4, 0.5) is 5.82 Å². The van der Waals surface area contributed by atoms with Crippen molar-refractivity contribution in [3.05, 3.63) is 22.9 Å². The molecule has 1 aliphatic carbocycles. The number of aromatic nitrogens is 1. The maximum Gasteiger partial charge on any atom is 0.142 e. The lowest BCUT2D eigenvalue weighted by Crippen LogP contribution is -2.15. The average molecular weight is 343 g/mol. The molecule has 1 fully saturated rings. The molecular formula is C21H34N4. The van der Waals surface area contributed by atoms with Crippen LogP contribution in [0, 0.1) is 0 Å². The number of aryl methyl sites for hydroxylation is 1. The molecule has 0 atom stereocenters. The molecule has 0 saturated heterocycles. The molecule has 1 saturated carbocycles. The Kier molecular flexibility index (Phi) is 6.00. The van der Waals surface area contributed by atoms with Crippen molar-refractivity contribution in [1.29, 1.82) is 0 Å². The fourth-order valence-electron chi connectivity index (χ4n) is 4.11. The molecule has 3 rings (SSSR count). The van der Waals surface area contributed by atoms with Gasteiger partial charge in [-0.25, -0.2) is 4.99 Å². The lowest BCUT2D eigenvalue weighted by molar-refractivity contribution is 0.385. The SMILES string of the molecule is CCc1cc2c(n1CCCN(C)C)N=C1CCCCCCC(=C2N)C1. The highest BCUT2D eigenvalue weighted by atomic mass is 15.1. The summed E-state index contributed by atoms with van der Waals surface area (Å²) in [6.07, 6.45) is 10.6. The Hall–Kier alpha value is -1.55. The first kappa shape index (κ1) is 18.2. The topological polar surface area (TPSA) is 46.5 Å². The van der Waals surface area contributed by atoms with Gasteiger partial charge in [0, 0.05) is 35.6 Å². The van der Waals surface area contributed by atoms with Gasteiger partial charge in [-0.05, 0) is 70.8 Å². The summed E-state index contributed by atoms with van der Waals surface area (Å²) < 4.78 is 2.43. The zero-order valence-corrected chi connectivity index (χ0v) is 16.3. The van der Waals surface area contributed by atoms with Gasteiger partial charge in [0.15, 0.2) is 0 Å². The molecule has 25 heavy (non-hydrogen) atoms. The van der Waals surface area contributed by atoms with Crippen LogP contribution in [0.3, 0.4) is 0 Å². The molecule has 1 aliphatic heterocycles. The van der Waals surface area contributed by atoms with E-state index in [1.807, 2.05) is 0 Å². The molecular weight excluding hydrogens is 308 g/mol. The molecule has 4 nitrogen and oxygen atoms in total. The molecule has 138 valence electrons. The molecule has 0 radical (unpaired) electrons. The van der Waals surface area contributed by atoms with E-state index in [-0.39, 0.29) is 0 Å². The van der Waals surface area contributed by atoms with E-state index in [9.17, 15) is 0 Å². The second-order valence-corrected chi connectivity index (χ2v) is 7.82. The van der Waals surface area contributed by atoms with Gasteiger partial charge in [-0.1, -0.05) is 19.8 Å². The number of rotatable bonds is 5. The van der Waals surface area contributed by atoms with Gasteiger partial charge in [0.1, 0.15) is 5.82 Å². The van der Waals surface area contributed by atoms with Gasteiger partial charge in [-0.15, -0.1) is 0 Å². The summed E-state index contributed by atoms with van der Waals surface area (Å²) >= 11 is 0. The van der Waals surface area contributed by atoms with Gasteiger partial charge in [-0.3, -0.25) is 0 Å². The van der Waals surface area contributed by atoms with Crippen LogP contribution >= 0.6 is 0 Å². The third-order valence-electron chi connectivity index (χ3n) is 5.55. The fraction of sp³-hybridized carbons (Fsp3) is 0.667. The summed E-state index contributed by atoms with van der Waals surface area (Å²) in [5.74, 6) is 1.12. The van der Waals surface area contributed by atoms with Crippen molar-refractivity contribution in [1.82, 2.24) is 9.47 Å². The Bertz CT molecular complexity index is 664. The summed E-state index contributed by atoms with van der Waals surface area (Å²) in [5, 5.41) is 0. The summed E-state index contributed by atoms with van der Waals surface area (Å²) in [7, 11) is 4.28. The smallest absolute Gasteiger partial charge is 0.142 e. The number of hydrogen-bond donors (Lipinski definition) is 1. The van der Waals surface area contributed by atoms with E-state index >= 15 is 0 Å². The predicted octanol–water partition coefficient (Wildman–Crippen LogP) is 4.50. The quantitative estimate of drug-likeness (QED) is 0.856. The van der Waals surface area contributed by atoms with Gasteiger partial charge < -0.3 is 15.2 Å². The Balaban J connectivity index is 2.01. The molecule has 2 bridgehead atoms. The molecule has 0 spiro atoms. The third kappa shape index (κ3) is 4.17. The average Bonchev–Trinajstić information content (AvgIpc) is 2.91. The van der Waals surface area contributed by atoms with Crippen LogP contribution in [0.5, 0.6) is 0 Å². The van der Waals surface area contributed by atoms with Crippen molar-refractivity contribution in [2.24, 2.45) is 10.7 Å². The minimum atomic E-state index is 0.986. The Labute approximate surface area is 152 Å². The van der Waals surface area contributed by atoms with Gasteiger partial charge in [0.2, 0.25) is 0 Å². The number of fused-ring (bicyclic) bond motifs is 3. The highest BCUT2D eigenvalue weighted by Gasteiger charge is 2.23. The van der Waals surface area contributed by atoms with Crippen LogP contribution < -0.4 is 5.73 Å². The lowest BCUT2D eigenvalue weighted by Gasteiger charge is -2.14. The molecule has 0 amide bonds. The van der Waals surface area contributed by atoms with Crippen LogP contribution in [-0.2, 0) is 13.0 Å². The largest absolute Gasteiger partial charge is 0.398 e. The van der Waals surface area contributed by atoms with Gasteiger partial charge in [-0.2, -0.15) is 0 Å². The van der Waals surface area contributed by atoms with E-state index in [0.29, 0.717) is 0 Å². The first-order valence-electron chi connectivity index (χ1n) is 10.0. The monoisotopic (exact) mass is 342 g/mol. The van der Waals surface area contributed by atoms with Crippen molar-refractivity contribution in [2.45, 2.75) is 71.3 Å². The number of hydrogen-bond acceptors (Lipinski definition) is 3. The van der Waals surface area contributed by atoms with E-state index in [0.717, 1.165) is 56.7 Å². The molecule has 1 aromatic heterocycles. The van der Waals surface area contributed by atoms with Crippen molar-refractivity contribution in [3.8, 4) is 0 Å². The highest BCUT2D eigenvalue weighted by Crippen LogP contribution is 2.37. The maximum absolute atomic E-state index is 6.67. The molecule has 2 aliphatic rings. The highest BCUT2D eigenvalue weighted by molar-refractivity contribution is 5.94. The van der Waals surface area contributed by atoms with Gasteiger partial charge >= 0.3 is 0 Å². The van der Waals surface area contributed by atoms with Gasteiger partial charge in [0.25, 0.3) is 0 Å². The van der Waals surface area contributed by atoms with Crippen LogP contribution in [0.15, 0.2) is 16.6 Å². The summed E-state index contributed by atoms with van der Waals surface area (Å²) in [6, 6.07) is 2.30. The van der Waals surface area contributed by atoms with Crippen molar-refractivity contribution in [2.75, 3.05) is 20.6 Å². The molecule has 4 heteroatoms. The van der Waals surface area contributed by atoms with E-state index in [4.69, 9.17) is 10.7 Å². The van der Waals surface area contributed by atoms with E-state index in [1.165, 1.54) is 48.2 Å². The van der Waals surface area contributed by atoms with E-state index in [1.54, 1.807) is 0 Å². The molecule has 0 unspecified atom stereocenters. The number of aliphatic imine (C=N–C) groups is 1. The Morgan fingerprint density at radius 1 is 1.16 bits per heavy atom. The lowest BCUT2D eigenvalue weighted by atomic mass is 9.99. The maximum atomic E-state index is 6.67. The van der Waals surface area contributed by atoms with Gasteiger partial charge in [0.05, 0.1) is 0 Å². The summed E-state index contributed by atoms with van der Waals surface area (Å²) in [4.78, 5) is 7.41. The zero-order chi connectivity index (χ0) is 17.8. The second-order valence-electron chi connectivity index (χ2n) is 7.82. The second kappa shape index (κ2) is 8.22. The molecule has 2 heterocycles. The van der Waals surface area contributed by atoms with Crippen LogP contribution in [0.25, 0.3) is 5.70 Å². The Morgan fingerprint density at radius 3 is 2.64 bits per heavy atom. The first-order chi connectivity index (χ1) is 12.1. The number of nitrogens with zero attached hydrogens (tertiary/aromatic N) is 3. The standard InChI is InChI=1S/C21H34N4/c1-4-18-15-19-20(22)16-10-7-5-6-8-11-17(14-16)23-21(19)25(18)13-9-12-24(2)3/h15H,4-14,22H2,1-3H3. The molecule has 1 aromatic rings. The van der Waals surface area contributed by atoms with Crippen LogP contribution in [-0.4, -0.2) is 35.8 Å². The summed E-state index contributed by atoms with van der Waals surface area (Å²) in [6.45, 7) is 4.36. The number of nitrogens with two attached hydrogens (primary N) is 1. The third-order valence-corrected chi connectivity index (χ3v) is 5.55. The normalized spacial score (nSPS) is 18.3. The van der Waals surface area contributed by atoms with Crippen molar-refractivity contribution in [3.63, 3.8) is 0 Å². The van der Waals surface area contributed by atoms with Crippen LogP contribution in [0.1, 0.15) is 69.5 Å². The Morgan fingerprint density at radius 2 is 1.92 bits per heavy atom. The molecule has 2 N–H and O–H groups in total. The summed E-state index contributed by atoms with van der Waals surface area (Å²) in [5.41, 5.74) is 13.0. The fourth-order valence-corrected chi connectivity index (χ4v) is 4.11. The van der Waals surface area contributed by atoms with Crippen molar-refractivity contribution >= 4 is 17.2 Å². The van der Waals surface area contributed by atoms with E-state index in [2.05, 4.69) is 36.6 Å². The van der Waals surface area contributed by atoms with E-state index < -0.39 is 0 Å². The van der Waals surface area contributed by atoms with Crippen molar-refractivity contribution < 1.29 is 0 Å². The zero-order valence-electron chi connectivity index (χ0n) is 16.3. The first-order valence-corrected chi connectivity index (χ1v) is 10.0.